The molecule has 0 radical (unpaired) electrons. The number of hydrogen-bond acceptors (Lipinski definition) is 3. The van der Waals surface area contributed by atoms with Gasteiger partial charge in [0.2, 0.25) is 0 Å². The van der Waals surface area contributed by atoms with Gasteiger partial charge in [-0.05, 0) is 32.0 Å². The van der Waals surface area contributed by atoms with Gasteiger partial charge < -0.3 is 10.1 Å². The molecule has 1 aromatic heterocycles. The molecule has 1 amide bonds. The summed E-state index contributed by atoms with van der Waals surface area (Å²) in [7, 11) is 0. The van der Waals surface area contributed by atoms with Crippen molar-refractivity contribution < 1.29 is 9.53 Å². The number of benzene rings is 1. The summed E-state index contributed by atoms with van der Waals surface area (Å²) in [5.41, 5.74) is 1.77. The number of carbonyl (C=O) groups excluding carboxylic acids is 1. The molecular weight excluding hydrogens is 276 g/mol. The molecule has 0 unspecified atom stereocenters. The highest BCUT2D eigenvalue weighted by molar-refractivity contribution is 6.34. The number of pyridine rings is 1. The molecule has 4 nitrogen and oxygen atoms in total. The molecule has 104 valence electrons. The molecule has 0 saturated heterocycles. The lowest BCUT2D eigenvalue weighted by Gasteiger charge is -2.09. The first-order valence-electron chi connectivity index (χ1n) is 6.26. The first-order valence-corrected chi connectivity index (χ1v) is 6.64. The molecule has 1 aromatic carbocycles. The Bertz CT molecular complexity index is 629. The molecule has 5 heteroatoms. The number of aryl methyl sites for hydroxylation is 1. The van der Waals surface area contributed by atoms with Gasteiger partial charge in [0.1, 0.15) is 5.75 Å². The van der Waals surface area contributed by atoms with E-state index in [1.807, 2.05) is 26.0 Å². The number of halogens is 1. The second-order valence-electron chi connectivity index (χ2n) is 4.22. The lowest BCUT2D eigenvalue weighted by molar-refractivity contribution is 0.102. The number of anilines is 1. The molecule has 1 heterocycles. The van der Waals surface area contributed by atoms with Gasteiger partial charge in [-0.15, -0.1) is 0 Å². The van der Waals surface area contributed by atoms with Crippen LogP contribution in [0.2, 0.25) is 5.02 Å². The maximum atomic E-state index is 12.1. The monoisotopic (exact) mass is 290 g/mol. The summed E-state index contributed by atoms with van der Waals surface area (Å²) < 4.78 is 5.38. The summed E-state index contributed by atoms with van der Waals surface area (Å²) in [4.78, 5) is 16.2. The van der Waals surface area contributed by atoms with Crippen LogP contribution in [-0.2, 0) is 0 Å². The van der Waals surface area contributed by atoms with Crippen molar-refractivity contribution in [3.05, 3.63) is 52.8 Å². The minimum absolute atomic E-state index is 0.295. The van der Waals surface area contributed by atoms with Crippen LogP contribution in [0.3, 0.4) is 0 Å². The fourth-order valence-corrected chi connectivity index (χ4v) is 2.01. The zero-order valence-corrected chi connectivity index (χ0v) is 12.1. The van der Waals surface area contributed by atoms with Crippen LogP contribution in [0.25, 0.3) is 0 Å². The minimum Gasteiger partial charge on any atom is -0.494 e. The normalized spacial score (nSPS) is 10.2. The smallest absolute Gasteiger partial charge is 0.258 e. The zero-order valence-electron chi connectivity index (χ0n) is 11.3. The summed E-state index contributed by atoms with van der Waals surface area (Å²) in [6.07, 6.45) is 1.47. The Morgan fingerprint density at radius 3 is 2.90 bits per heavy atom. The number of amides is 1. The third-order valence-electron chi connectivity index (χ3n) is 2.64. The molecule has 20 heavy (non-hydrogen) atoms. The van der Waals surface area contributed by atoms with Gasteiger partial charge in [0.25, 0.3) is 5.91 Å². The number of aromatic nitrogens is 1. The second-order valence-corrected chi connectivity index (χ2v) is 4.63. The van der Waals surface area contributed by atoms with Crippen LogP contribution in [0, 0.1) is 6.92 Å². The maximum Gasteiger partial charge on any atom is 0.258 e. The summed E-state index contributed by atoms with van der Waals surface area (Å²) in [6, 6.07) is 8.86. The Labute approximate surface area is 122 Å². The quantitative estimate of drug-likeness (QED) is 0.934. The van der Waals surface area contributed by atoms with Gasteiger partial charge in [-0.25, -0.2) is 0 Å². The van der Waals surface area contributed by atoms with Crippen LogP contribution in [0.15, 0.2) is 36.5 Å². The molecule has 0 aliphatic heterocycles. The van der Waals surface area contributed by atoms with Crippen molar-refractivity contribution in [1.82, 2.24) is 4.98 Å². The van der Waals surface area contributed by atoms with Crippen LogP contribution in [0.4, 0.5) is 5.69 Å². The van der Waals surface area contributed by atoms with E-state index in [0.717, 1.165) is 5.69 Å². The number of carbonyl (C=O) groups is 1. The number of hydrogen-bond donors (Lipinski definition) is 1. The third kappa shape index (κ3) is 3.48. The predicted molar refractivity (Wildman–Crippen MR) is 79.5 cm³/mol. The molecule has 0 saturated carbocycles. The Balaban J connectivity index is 2.17. The first kappa shape index (κ1) is 14.3. The highest BCUT2D eigenvalue weighted by Crippen LogP contribution is 2.20. The summed E-state index contributed by atoms with van der Waals surface area (Å²) in [6.45, 7) is 4.30. The summed E-state index contributed by atoms with van der Waals surface area (Å²) in [5.74, 6) is 0.412. The Morgan fingerprint density at radius 2 is 2.20 bits per heavy atom. The molecule has 0 spiro atoms. The lowest BCUT2D eigenvalue weighted by Crippen LogP contribution is -2.13. The highest BCUT2D eigenvalue weighted by atomic mass is 35.5. The largest absolute Gasteiger partial charge is 0.494 e. The number of nitrogens with zero attached hydrogens (tertiary/aromatic N) is 1. The predicted octanol–water partition coefficient (Wildman–Crippen LogP) is 3.69. The van der Waals surface area contributed by atoms with Gasteiger partial charge in [-0.2, -0.15) is 0 Å². The zero-order chi connectivity index (χ0) is 14.5. The van der Waals surface area contributed by atoms with Crippen molar-refractivity contribution in [3.63, 3.8) is 0 Å². The van der Waals surface area contributed by atoms with Crippen molar-refractivity contribution in [3.8, 4) is 5.75 Å². The number of rotatable bonds is 4. The number of nitrogens with one attached hydrogen (secondary N) is 1. The minimum atomic E-state index is -0.295. The summed E-state index contributed by atoms with van der Waals surface area (Å²) in [5, 5.41) is 3.16. The average Bonchev–Trinajstić information content (AvgIpc) is 2.39. The SMILES string of the molecule is CCOc1cccc(NC(=O)c2cnc(C)cc2Cl)c1. The van der Waals surface area contributed by atoms with Gasteiger partial charge in [-0.3, -0.25) is 9.78 Å². The Morgan fingerprint density at radius 1 is 1.40 bits per heavy atom. The van der Waals surface area contributed by atoms with E-state index < -0.39 is 0 Å². The van der Waals surface area contributed by atoms with E-state index >= 15 is 0 Å². The van der Waals surface area contributed by atoms with E-state index in [4.69, 9.17) is 16.3 Å². The fourth-order valence-electron chi connectivity index (χ4n) is 1.72. The van der Waals surface area contributed by atoms with E-state index in [-0.39, 0.29) is 5.91 Å². The van der Waals surface area contributed by atoms with Gasteiger partial charge in [0.05, 0.1) is 17.2 Å². The van der Waals surface area contributed by atoms with Gasteiger partial charge in [0, 0.05) is 23.6 Å². The van der Waals surface area contributed by atoms with E-state index in [1.165, 1.54) is 6.20 Å². The maximum absolute atomic E-state index is 12.1. The van der Waals surface area contributed by atoms with Crippen molar-refractivity contribution in [2.45, 2.75) is 13.8 Å². The molecule has 1 N–H and O–H groups in total. The van der Waals surface area contributed by atoms with Crippen LogP contribution in [0.5, 0.6) is 5.75 Å². The first-order chi connectivity index (χ1) is 9.60. The highest BCUT2D eigenvalue weighted by Gasteiger charge is 2.11. The van der Waals surface area contributed by atoms with Crippen molar-refractivity contribution >= 4 is 23.2 Å². The molecule has 0 aliphatic carbocycles. The second kappa shape index (κ2) is 6.39. The summed E-state index contributed by atoms with van der Waals surface area (Å²) >= 11 is 6.05. The van der Waals surface area contributed by atoms with Crippen LogP contribution >= 0.6 is 11.6 Å². The van der Waals surface area contributed by atoms with E-state index in [9.17, 15) is 4.79 Å². The molecule has 2 rings (SSSR count). The third-order valence-corrected chi connectivity index (χ3v) is 2.95. The fraction of sp³-hybridized carbons (Fsp3) is 0.200. The van der Waals surface area contributed by atoms with Crippen molar-refractivity contribution in [2.24, 2.45) is 0 Å². The molecular formula is C15H15ClN2O2. The van der Waals surface area contributed by atoms with E-state index in [1.54, 1.807) is 18.2 Å². The van der Waals surface area contributed by atoms with Crippen LogP contribution < -0.4 is 10.1 Å². The lowest BCUT2D eigenvalue weighted by atomic mass is 10.2. The number of ether oxygens (including phenoxy) is 1. The average molecular weight is 291 g/mol. The molecule has 0 atom stereocenters. The molecule has 0 bridgehead atoms. The Kier molecular flexibility index (Phi) is 4.58. The standard InChI is InChI=1S/C15H15ClN2O2/c1-3-20-12-6-4-5-11(8-12)18-15(19)13-9-17-10(2)7-14(13)16/h4-9H,3H2,1-2H3,(H,18,19). The topological polar surface area (TPSA) is 51.2 Å². The van der Waals surface area contributed by atoms with E-state index in [0.29, 0.717) is 28.6 Å². The van der Waals surface area contributed by atoms with Crippen LogP contribution in [0.1, 0.15) is 23.0 Å². The van der Waals surface area contributed by atoms with E-state index in [2.05, 4.69) is 10.3 Å². The molecule has 0 aliphatic rings. The van der Waals surface area contributed by atoms with Gasteiger partial charge in [-0.1, -0.05) is 17.7 Å². The van der Waals surface area contributed by atoms with Crippen molar-refractivity contribution in [2.75, 3.05) is 11.9 Å². The van der Waals surface area contributed by atoms with Gasteiger partial charge >= 0.3 is 0 Å². The Hall–Kier alpha value is -2.07. The molecule has 2 aromatic rings. The van der Waals surface area contributed by atoms with Gasteiger partial charge in [0.15, 0.2) is 0 Å². The van der Waals surface area contributed by atoms with Crippen molar-refractivity contribution in [1.29, 1.82) is 0 Å². The van der Waals surface area contributed by atoms with Crippen LogP contribution in [-0.4, -0.2) is 17.5 Å². The molecule has 0 fully saturated rings.